The molecule has 0 unspecified atom stereocenters. The van der Waals surface area contributed by atoms with E-state index in [0.717, 1.165) is 16.9 Å². The van der Waals surface area contributed by atoms with Crippen LogP contribution in [0.15, 0.2) is 47.3 Å². The van der Waals surface area contributed by atoms with Crippen molar-refractivity contribution in [1.29, 1.82) is 0 Å². The van der Waals surface area contributed by atoms with Crippen molar-refractivity contribution in [1.82, 2.24) is 0 Å². The van der Waals surface area contributed by atoms with Gasteiger partial charge in [0.05, 0.1) is 19.1 Å². The maximum Gasteiger partial charge on any atom is 0.127 e. The summed E-state index contributed by atoms with van der Waals surface area (Å²) in [6.07, 6.45) is 3.38. The highest BCUT2D eigenvalue weighted by Crippen LogP contribution is 2.29. The molecule has 72 valence electrons. The molecule has 0 aliphatic carbocycles. The van der Waals surface area contributed by atoms with Crippen LogP contribution in [0.4, 0.5) is 0 Å². The Bertz CT molecular complexity index is 390. The van der Waals surface area contributed by atoms with Crippen LogP contribution in [0.1, 0.15) is 6.92 Å². The summed E-state index contributed by atoms with van der Waals surface area (Å²) in [6, 6.07) is 9.87. The Kier molecular flexibility index (Phi) is 2.54. The lowest BCUT2D eigenvalue weighted by Gasteiger charge is -2.07. The van der Waals surface area contributed by atoms with Crippen LogP contribution < -0.4 is 4.74 Å². The molecule has 0 radical (unpaired) electrons. The molecule has 0 saturated carbocycles. The zero-order chi connectivity index (χ0) is 9.80. The third-order valence-corrected chi connectivity index (χ3v) is 2.02. The fourth-order valence-electron chi connectivity index (χ4n) is 1.40. The molecule has 1 heterocycles. The van der Waals surface area contributed by atoms with E-state index in [0.29, 0.717) is 6.61 Å². The molecule has 0 N–H and O–H groups in total. The van der Waals surface area contributed by atoms with Crippen LogP contribution in [0.5, 0.6) is 5.75 Å². The highest BCUT2D eigenvalue weighted by atomic mass is 16.5. The summed E-state index contributed by atoms with van der Waals surface area (Å²) in [5.74, 6) is 0.899. The second-order valence-corrected chi connectivity index (χ2v) is 2.94. The monoisotopic (exact) mass is 188 g/mol. The molecule has 2 heteroatoms. The van der Waals surface area contributed by atoms with Crippen molar-refractivity contribution in [3.63, 3.8) is 0 Å². The van der Waals surface area contributed by atoms with Crippen LogP contribution in [0, 0.1) is 0 Å². The quantitative estimate of drug-likeness (QED) is 0.737. The normalized spacial score (nSPS) is 10.1. The summed E-state index contributed by atoms with van der Waals surface area (Å²) < 4.78 is 10.6. The molecular formula is C12H12O2. The van der Waals surface area contributed by atoms with E-state index < -0.39 is 0 Å². The molecule has 0 amide bonds. The van der Waals surface area contributed by atoms with Crippen LogP contribution in [0.3, 0.4) is 0 Å². The van der Waals surface area contributed by atoms with Gasteiger partial charge in [0.25, 0.3) is 0 Å². The van der Waals surface area contributed by atoms with Crippen molar-refractivity contribution in [2.45, 2.75) is 6.92 Å². The first-order valence-electron chi connectivity index (χ1n) is 4.66. The average molecular weight is 188 g/mol. The standard InChI is InChI=1S/C12H12O2/c1-2-14-12-6-4-3-5-11(12)10-7-8-13-9-10/h3-9H,2H2,1H3. The maximum atomic E-state index is 5.52. The van der Waals surface area contributed by atoms with Gasteiger partial charge in [0.2, 0.25) is 0 Å². The van der Waals surface area contributed by atoms with Gasteiger partial charge >= 0.3 is 0 Å². The highest BCUT2D eigenvalue weighted by Gasteiger charge is 2.05. The van der Waals surface area contributed by atoms with Gasteiger partial charge in [0, 0.05) is 11.1 Å². The van der Waals surface area contributed by atoms with Gasteiger partial charge in [0.15, 0.2) is 0 Å². The second kappa shape index (κ2) is 4.01. The summed E-state index contributed by atoms with van der Waals surface area (Å²) in [7, 11) is 0. The molecule has 0 spiro atoms. The SMILES string of the molecule is CCOc1ccccc1-c1ccoc1. The van der Waals surface area contributed by atoms with Gasteiger partial charge in [-0.1, -0.05) is 18.2 Å². The Balaban J connectivity index is 2.42. The minimum atomic E-state index is 0.675. The minimum absolute atomic E-state index is 0.675. The lowest BCUT2D eigenvalue weighted by Crippen LogP contribution is -1.92. The zero-order valence-electron chi connectivity index (χ0n) is 8.07. The molecule has 1 aromatic heterocycles. The molecule has 0 aliphatic rings. The predicted molar refractivity (Wildman–Crippen MR) is 55.3 cm³/mol. The van der Waals surface area contributed by atoms with Gasteiger partial charge in [-0.2, -0.15) is 0 Å². The largest absolute Gasteiger partial charge is 0.493 e. The third-order valence-electron chi connectivity index (χ3n) is 2.02. The van der Waals surface area contributed by atoms with E-state index in [-0.39, 0.29) is 0 Å². The first kappa shape index (κ1) is 8.88. The summed E-state index contributed by atoms with van der Waals surface area (Å²) in [5, 5.41) is 0. The number of benzene rings is 1. The highest BCUT2D eigenvalue weighted by molar-refractivity contribution is 5.69. The van der Waals surface area contributed by atoms with Crippen molar-refractivity contribution in [2.75, 3.05) is 6.61 Å². The number of rotatable bonds is 3. The lowest BCUT2D eigenvalue weighted by atomic mass is 10.1. The van der Waals surface area contributed by atoms with Gasteiger partial charge < -0.3 is 9.15 Å². The van der Waals surface area contributed by atoms with Crippen LogP contribution >= 0.6 is 0 Å². The van der Waals surface area contributed by atoms with E-state index in [1.54, 1.807) is 12.5 Å². The molecule has 0 saturated heterocycles. The molecule has 0 aliphatic heterocycles. The Labute approximate surface area is 83.1 Å². The van der Waals surface area contributed by atoms with Crippen LogP contribution in [0.2, 0.25) is 0 Å². The summed E-state index contributed by atoms with van der Waals surface area (Å²) >= 11 is 0. The van der Waals surface area contributed by atoms with Gasteiger partial charge in [0.1, 0.15) is 5.75 Å². The Hall–Kier alpha value is -1.70. The molecule has 0 fully saturated rings. The fraction of sp³-hybridized carbons (Fsp3) is 0.167. The van der Waals surface area contributed by atoms with E-state index in [4.69, 9.17) is 9.15 Å². The van der Waals surface area contributed by atoms with Gasteiger partial charge in [-0.15, -0.1) is 0 Å². The van der Waals surface area contributed by atoms with Crippen LogP contribution in [0.25, 0.3) is 11.1 Å². The fourth-order valence-corrected chi connectivity index (χ4v) is 1.40. The number of furan rings is 1. The average Bonchev–Trinajstić information content (AvgIpc) is 2.72. The van der Waals surface area contributed by atoms with Crippen LogP contribution in [-0.4, -0.2) is 6.61 Å². The number of hydrogen-bond acceptors (Lipinski definition) is 2. The van der Waals surface area contributed by atoms with Gasteiger partial charge in [-0.25, -0.2) is 0 Å². The van der Waals surface area contributed by atoms with Crippen LogP contribution in [-0.2, 0) is 0 Å². The van der Waals surface area contributed by atoms with Crippen molar-refractivity contribution in [3.8, 4) is 16.9 Å². The topological polar surface area (TPSA) is 22.4 Å². The number of para-hydroxylation sites is 1. The molecule has 2 aromatic rings. The first-order valence-corrected chi connectivity index (χ1v) is 4.66. The second-order valence-electron chi connectivity index (χ2n) is 2.94. The number of hydrogen-bond donors (Lipinski definition) is 0. The van der Waals surface area contributed by atoms with Crippen molar-refractivity contribution >= 4 is 0 Å². The minimum Gasteiger partial charge on any atom is -0.493 e. The molecule has 2 rings (SSSR count). The Morgan fingerprint density at radius 2 is 2.07 bits per heavy atom. The van der Waals surface area contributed by atoms with Crippen molar-refractivity contribution < 1.29 is 9.15 Å². The van der Waals surface area contributed by atoms with Crippen molar-refractivity contribution in [2.24, 2.45) is 0 Å². The lowest BCUT2D eigenvalue weighted by molar-refractivity contribution is 0.341. The van der Waals surface area contributed by atoms with E-state index >= 15 is 0 Å². The van der Waals surface area contributed by atoms with Gasteiger partial charge in [-0.3, -0.25) is 0 Å². The Morgan fingerprint density at radius 1 is 1.21 bits per heavy atom. The van der Waals surface area contributed by atoms with E-state index in [2.05, 4.69) is 0 Å². The van der Waals surface area contributed by atoms with Crippen molar-refractivity contribution in [3.05, 3.63) is 42.9 Å². The van der Waals surface area contributed by atoms with E-state index in [1.807, 2.05) is 37.3 Å². The predicted octanol–water partition coefficient (Wildman–Crippen LogP) is 3.35. The zero-order valence-corrected chi connectivity index (χ0v) is 8.07. The van der Waals surface area contributed by atoms with E-state index in [1.165, 1.54) is 0 Å². The molecular weight excluding hydrogens is 176 g/mol. The first-order chi connectivity index (χ1) is 6.92. The molecule has 2 nitrogen and oxygen atoms in total. The van der Waals surface area contributed by atoms with E-state index in [9.17, 15) is 0 Å². The maximum absolute atomic E-state index is 5.52. The number of ether oxygens (including phenoxy) is 1. The van der Waals surface area contributed by atoms with Gasteiger partial charge in [-0.05, 0) is 19.1 Å². The third kappa shape index (κ3) is 1.64. The molecule has 0 atom stereocenters. The molecule has 14 heavy (non-hydrogen) atoms. The smallest absolute Gasteiger partial charge is 0.127 e. The summed E-state index contributed by atoms with van der Waals surface area (Å²) in [6.45, 7) is 2.65. The molecule has 1 aromatic carbocycles. The Morgan fingerprint density at radius 3 is 2.79 bits per heavy atom. The summed E-state index contributed by atoms with van der Waals surface area (Å²) in [4.78, 5) is 0. The molecule has 0 bridgehead atoms. The summed E-state index contributed by atoms with van der Waals surface area (Å²) in [5.41, 5.74) is 2.12.